The Labute approximate surface area is 134 Å². The van der Waals surface area contributed by atoms with Crippen molar-refractivity contribution >= 4 is 23.4 Å². The maximum atomic E-state index is 11.8. The fraction of sp³-hybridized carbons (Fsp3) is 0.222. The van der Waals surface area contributed by atoms with Gasteiger partial charge in [-0.2, -0.15) is 0 Å². The molecular formula is C18H17ClO3. The first kappa shape index (κ1) is 16.2. The van der Waals surface area contributed by atoms with Crippen molar-refractivity contribution in [1.82, 2.24) is 0 Å². The van der Waals surface area contributed by atoms with Crippen LogP contribution in [-0.4, -0.2) is 11.8 Å². The molecule has 0 radical (unpaired) electrons. The van der Waals surface area contributed by atoms with Gasteiger partial charge in [0.05, 0.1) is 0 Å². The number of halogens is 1. The van der Waals surface area contributed by atoms with E-state index >= 15 is 0 Å². The van der Waals surface area contributed by atoms with E-state index in [2.05, 4.69) is 0 Å². The van der Waals surface area contributed by atoms with Crippen molar-refractivity contribution < 1.29 is 14.3 Å². The number of ether oxygens (including phenoxy) is 1. The Balaban J connectivity index is 1.71. The number of Topliss-reactive ketones (excluding diaryl/α,β-unsaturated/α-hetero) is 1. The monoisotopic (exact) mass is 316 g/mol. The number of carbonyl (C=O) groups excluding carboxylic acids is 2. The standard InChI is InChI=1S/C18H17ClO3/c19-16-8-4-7-14(11-16)9-10-17(20)12-18(21)22-13-15-5-2-1-3-6-15/h1-8,11H,9-10,12-13H2. The Morgan fingerprint density at radius 2 is 1.68 bits per heavy atom. The van der Waals surface area contributed by atoms with E-state index in [0.717, 1.165) is 11.1 Å². The molecule has 0 spiro atoms. The SMILES string of the molecule is O=C(CCc1cccc(Cl)c1)CC(=O)OCc1ccccc1. The predicted octanol–water partition coefficient (Wildman–Crippen LogP) is 3.98. The van der Waals surface area contributed by atoms with Crippen molar-refractivity contribution in [1.29, 1.82) is 0 Å². The van der Waals surface area contributed by atoms with Gasteiger partial charge in [0.2, 0.25) is 0 Å². The fourth-order valence-electron chi connectivity index (χ4n) is 2.01. The lowest BCUT2D eigenvalue weighted by Crippen LogP contribution is -2.11. The van der Waals surface area contributed by atoms with Gasteiger partial charge in [0.1, 0.15) is 18.8 Å². The number of benzene rings is 2. The summed E-state index contributed by atoms with van der Waals surface area (Å²) in [6.45, 7) is 0.196. The summed E-state index contributed by atoms with van der Waals surface area (Å²) >= 11 is 5.88. The number of esters is 1. The van der Waals surface area contributed by atoms with Crippen LogP contribution in [0.4, 0.5) is 0 Å². The molecule has 22 heavy (non-hydrogen) atoms. The van der Waals surface area contributed by atoms with Crippen molar-refractivity contribution in [3.63, 3.8) is 0 Å². The van der Waals surface area contributed by atoms with Crippen LogP contribution in [0.25, 0.3) is 0 Å². The highest BCUT2D eigenvalue weighted by Crippen LogP contribution is 2.12. The van der Waals surface area contributed by atoms with E-state index in [-0.39, 0.29) is 18.8 Å². The molecule has 0 aliphatic heterocycles. The third-order valence-corrected chi connectivity index (χ3v) is 3.40. The Bertz CT molecular complexity index is 638. The fourth-order valence-corrected chi connectivity index (χ4v) is 2.23. The van der Waals surface area contributed by atoms with Crippen molar-refractivity contribution in [3.8, 4) is 0 Å². The number of hydrogen-bond acceptors (Lipinski definition) is 3. The lowest BCUT2D eigenvalue weighted by atomic mass is 10.1. The van der Waals surface area contributed by atoms with Gasteiger partial charge in [-0.3, -0.25) is 9.59 Å². The van der Waals surface area contributed by atoms with Gasteiger partial charge in [-0.15, -0.1) is 0 Å². The summed E-state index contributed by atoms with van der Waals surface area (Å²) in [6.07, 6.45) is 0.694. The van der Waals surface area contributed by atoms with Crippen LogP contribution in [0.3, 0.4) is 0 Å². The summed E-state index contributed by atoms with van der Waals surface area (Å²) in [5.74, 6) is -0.613. The second kappa shape index (κ2) is 8.35. The average molecular weight is 317 g/mol. The van der Waals surface area contributed by atoms with Gasteiger partial charge in [0.25, 0.3) is 0 Å². The number of hydrogen-bond donors (Lipinski definition) is 0. The molecule has 114 valence electrons. The second-order valence-corrected chi connectivity index (χ2v) is 5.43. The van der Waals surface area contributed by atoms with Gasteiger partial charge in [0, 0.05) is 11.4 Å². The quantitative estimate of drug-likeness (QED) is 0.573. The summed E-state index contributed by atoms with van der Waals surface area (Å²) in [5.41, 5.74) is 1.89. The lowest BCUT2D eigenvalue weighted by Gasteiger charge is -2.05. The molecule has 0 aromatic heterocycles. The normalized spacial score (nSPS) is 10.2. The molecule has 0 amide bonds. The molecule has 0 saturated heterocycles. The van der Waals surface area contributed by atoms with Crippen LogP contribution in [0.15, 0.2) is 54.6 Å². The Kier molecular flexibility index (Phi) is 6.16. The van der Waals surface area contributed by atoms with Gasteiger partial charge in [-0.25, -0.2) is 0 Å². The van der Waals surface area contributed by atoms with Crippen molar-refractivity contribution in [2.75, 3.05) is 0 Å². The van der Waals surface area contributed by atoms with Crippen LogP contribution in [0.5, 0.6) is 0 Å². The molecular weight excluding hydrogens is 300 g/mol. The van der Waals surface area contributed by atoms with Gasteiger partial charge in [-0.05, 0) is 29.7 Å². The largest absolute Gasteiger partial charge is 0.460 e. The molecule has 0 heterocycles. The van der Waals surface area contributed by atoms with E-state index in [1.165, 1.54) is 0 Å². The zero-order chi connectivity index (χ0) is 15.8. The van der Waals surface area contributed by atoms with E-state index in [0.29, 0.717) is 17.9 Å². The number of ketones is 1. The molecule has 0 fully saturated rings. The molecule has 4 heteroatoms. The summed E-state index contributed by atoms with van der Waals surface area (Å²) < 4.78 is 5.09. The lowest BCUT2D eigenvalue weighted by molar-refractivity contribution is -0.147. The topological polar surface area (TPSA) is 43.4 Å². The van der Waals surface area contributed by atoms with E-state index in [1.807, 2.05) is 48.5 Å². The van der Waals surface area contributed by atoms with Crippen molar-refractivity contribution in [2.45, 2.75) is 25.9 Å². The van der Waals surface area contributed by atoms with Crippen molar-refractivity contribution in [3.05, 3.63) is 70.7 Å². The molecule has 2 rings (SSSR count). The molecule has 2 aromatic carbocycles. The van der Waals surface area contributed by atoms with Crippen LogP contribution in [0.1, 0.15) is 24.0 Å². The minimum Gasteiger partial charge on any atom is -0.460 e. The van der Waals surface area contributed by atoms with E-state index in [4.69, 9.17) is 16.3 Å². The first-order chi connectivity index (χ1) is 10.6. The Hall–Kier alpha value is -2.13. The highest BCUT2D eigenvalue weighted by Gasteiger charge is 2.11. The van der Waals surface area contributed by atoms with E-state index in [1.54, 1.807) is 6.07 Å². The van der Waals surface area contributed by atoms with Crippen LogP contribution in [0.2, 0.25) is 5.02 Å². The summed E-state index contributed by atoms with van der Waals surface area (Å²) in [7, 11) is 0. The van der Waals surface area contributed by atoms with Crippen LogP contribution in [-0.2, 0) is 27.4 Å². The Morgan fingerprint density at radius 1 is 0.955 bits per heavy atom. The summed E-state index contributed by atoms with van der Waals surface area (Å²) in [4.78, 5) is 23.4. The van der Waals surface area contributed by atoms with Crippen LogP contribution >= 0.6 is 11.6 Å². The third-order valence-electron chi connectivity index (χ3n) is 3.17. The highest BCUT2D eigenvalue weighted by molar-refractivity contribution is 6.30. The van der Waals surface area contributed by atoms with Crippen LogP contribution in [0, 0.1) is 0 Å². The smallest absolute Gasteiger partial charge is 0.313 e. The van der Waals surface area contributed by atoms with Crippen molar-refractivity contribution in [2.24, 2.45) is 0 Å². The minimum absolute atomic E-state index is 0.127. The highest BCUT2D eigenvalue weighted by atomic mass is 35.5. The molecule has 2 aromatic rings. The molecule has 0 aliphatic rings. The van der Waals surface area contributed by atoms with Gasteiger partial charge in [0.15, 0.2) is 0 Å². The third kappa shape index (κ3) is 5.70. The summed E-state index contributed by atoms with van der Waals surface area (Å²) in [5, 5.41) is 0.646. The summed E-state index contributed by atoms with van der Waals surface area (Å²) in [6, 6.07) is 16.7. The Morgan fingerprint density at radius 3 is 2.41 bits per heavy atom. The first-order valence-corrected chi connectivity index (χ1v) is 7.47. The van der Waals surface area contributed by atoms with Gasteiger partial charge < -0.3 is 4.74 Å². The zero-order valence-corrected chi connectivity index (χ0v) is 12.9. The molecule has 0 atom stereocenters. The minimum atomic E-state index is -0.486. The van der Waals surface area contributed by atoms with Crippen LogP contribution < -0.4 is 0 Å². The molecule has 0 saturated carbocycles. The molecule has 3 nitrogen and oxygen atoms in total. The zero-order valence-electron chi connectivity index (χ0n) is 12.1. The maximum absolute atomic E-state index is 11.8. The number of aryl methyl sites for hydroxylation is 1. The number of carbonyl (C=O) groups is 2. The molecule has 0 bridgehead atoms. The molecule has 0 aliphatic carbocycles. The van der Waals surface area contributed by atoms with E-state index in [9.17, 15) is 9.59 Å². The number of rotatable bonds is 7. The molecule has 0 N–H and O–H groups in total. The molecule has 0 unspecified atom stereocenters. The maximum Gasteiger partial charge on any atom is 0.313 e. The predicted molar refractivity (Wildman–Crippen MR) is 85.6 cm³/mol. The first-order valence-electron chi connectivity index (χ1n) is 7.09. The average Bonchev–Trinajstić information content (AvgIpc) is 2.52. The van der Waals surface area contributed by atoms with E-state index < -0.39 is 5.97 Å². The van der Waals surface area contributed by atoms with Gasteiger partial charge in [-0.1, -0.05) is 54.1 Å². The van der Waals surface area contributed by atoms with Gasteiger partial charge >= 0.3 is 5.97 Å². The second-order valence-electron chi connectivity index (χ2n) is 4.99.